The van der Waals surface area contributed by atoms with E-state index in [-0.39, 0.29) is 0 Å². The van der Waals surface area contributed by atoms with E-state index in [0.29, 0.717) is 0 Å². The van der Waals surface area contributed by atoms with Crippen LogP contribution in [0.25, 0.3) is 0 Å². The highest BCUT2D eigenvalue weighted by molar-refractivity contribution is 6.26. The Balaban J connectivity index is 2.92. The van der Waals surface area contributed by atoms with Crippen molar-refractivity contribution in [3.05, 3.63) is 0 Å². The van der Waals surface area contributed by atoms with Gasteiger partial charge in [0, 0.05) is 6.61 Å². The molecule has 0 spiro atoms. The fourth-order valence-corrected chi connectivity index (χ4v) is 3.79. The van der Waals surface area contributed by atoms with Crippen molar-refractivity contribution < 1.29 is 4.43 Å². The zero-order chi connectivity index (χ0) is 16.8. The largest absolute Gasteiger partial charge is 0.417 e. The Morgan fingerprint density at radius 1 is 0.478 bits per heavy atom. The van der Waals surface area contributed by atoms with Crippen molar-refractivity contribution in [2.45, 2.75) is 129 Å². The molecule has 0 N–H and O–H groups in total. The Morgan fingerprint density at radius 3 is 1.35 bits per heavy atom. The highest BCUT2D eigenvalue weighted by Crippen LogP contribution is 2.12. The van der Waals surface area contributed by atoms with Gasteiger partial charge in [0.2, 0.25) is 9.76 Å². The maximum Gasteiger partial charge on any atom is 0.229 e. The van der Waals surface area contributed by atoms with Gasteiger partial charge in [-0.15, -0.1) is 0 Å². The predicted molar refractivity (Wildman–Crippen MR) is 106 cm³/mol. The first kappa shape index (κ1) is 23.2. The lowest BCUT2D eigenvalue weighted by molar-refractivity contribution is 0.319. The van der Waals surface area contributed by atoms with Gasteiger partial charge in [-0.1, -0.05) is 117 Å². The molecule has 0 aromatic heterocycles. The fourth-order valence-electron chi connectivity index (χ4n) is 2.96. The van der Waals surface area contributed by atoms with E-state index in [0.717, 1.165) is 16.4 Å². The Morgan fingerprint density at radius 2 is 0.870 bits per heavy atom. The normalized spacial score (nSPS) is 11.2. The van der Waals surface area contributed by atoms with Crippen LogP contribution in [0.4, 0.5) is 0 Å². The third-order valence-corrected chi connectivity index (χ3v) is 5.55. The lowest BCUT2D eigenvalue weighted by Crippen LogP contribution is -2.00. The third kappa shape index (κ3) is 22.2. The van der Waals surface area contributed by atoms with Gasteiger partial charge >= 0.3 is 0 Å². The maximum atomic E-state index is 5.74. The van der Waals surface area contributed by atoms with E-state index in [4.69, 9.17) is 4.43 Å². The second kappa shape index (κ2) is 22.2. The van der Waals surface area contributed by atoms with E-state index in [1.165, 1.54) is 115 Å². The van der Waals surface area contributed by atoms with Crippen molar-refractivity contribution in [1.29, 1.82) is 0 Å². The molecule has 0 aliphatic carbocycles. The summed E-state index contributed by atoms with van der Waals surface area (Å²) in [5.74, 6) is 0. The first-order valence-electron chi connectivity index (χ1n) is 10.8. The number of unbranched alkanes of at least 4 members (excludes halogenated alkanes) is 15. The van der Waals surface area contributed by atoms with E-state index in [1.807, 2.05) is 0 Å². The molecule has 138 valence electrons. The molecular formula is C21H44OSi. The minimum atomic E-state index is 0.755. The Bertz CT molecular complexity index is 176. The van der Waals surface area contributed by atoms with Gasteiger partial charge in [-0.05, 0) is 12.5 Å². The summed E-state index contributed by atoms with van der Waals surface area (Å²) >= 11 is 0. The van der Waals surface area contributed by atoms with E-state index < -0.39 is 0 Å². The lowest BCUT2D eigenvalue weighted by Gasteiger charge is -2.04. The SMILES string of the molecule is CCCCCCCCCCCCCCCO[Si]CCCCCC. The van der Waals surface area contributed by atoms with Crippen molar-refractivity contribution in [3.8, 4) is 0 Å². The van der Waals surface area contributed by atoms with Gasteiger partial charge in [-0.25, -0.2) is 0 Å². The molecule has 0 heterocycles. The molecule has 0 amide bonds. The molecule has 0 unspecified atom stereocenters. The van der Waals surface area contributed by atoms with Crippen LogP contribution in [0, 0.1) is 0 Å². The molecule has 0 fully saturated rings. The van der Waals surface area contributed by atoms with Crippen LogP contribution in [0.1, 0.15) is 123 Å². The number of hydrogen-bond donors (Lipinski definition) is 0. The smallest absolute Gasteiger partial charge is 0.229 e. The maximum absolute atomic E-state index is 5.74. The standard InChI is InChI=1S/C21H44OSi/c1-3-5-7-9-10-11-12-13-14-15-16-17-18-20-22-23-21-19-8-6-4-2/h3-21H2,1-2H3. The van der Waals surface area contributed by atoms with Gasteiger partial charge in [0.05, 0.1) is 0 Å². The molecule has 0 bridgehead atoms. The number of hydrogen-bond acceptors (Lipinski definition) is 1. The molecule has 2 heteroatoms. The topological polar surface area (TPSA) is 9.23 Å². The first-order valence-corrected chi connectivity index (χ1v) is 11.9. The van der Waals surface area contributed by atoms with E-state index in [9.17, 15) is 0 Å². The summed E-state index contributed by atoms with van der Waals surface area (Å²) in [4.78, 5) is 0. The minimum absolute atomic E-state index is 0.755. The van der Waals surface area contributed by atoms with Crippen LogP contribution in [0.2, 0.25) is 6.04 Å². The summed E-state index contributed by atoms with van der Waals surface area (Å²) < 4.78 is 5.74. The average Bonchev–Trinajstić information content (AvgIpc) is 2.57. The molecular weight excluding hydrogens is 296 g/mol. The van der Waals surface area contributed by atoms with Gasteiger partial charge in [0.15, 0.2) is 0 Å². The molecule has 1 nitrogen and oxygen atoms in total. The van der Waals surface area contributed by atoms with Gasteiger partial charge in [-0.2, -0.15) is 0 Å². The van der Waals surface area contributed by atoms with Crippen molar-refractivity contribution in [2.24, 2.45) is 0 Å². The Labute approximate surface area is 150 Å². The molecule has 0 saturated heterocycles. The second-order valence-corrected chi connectivity index (χ2v) is 8.12. The Kier molecular flexibility index (Phi) is 22.3. The Hall–Kier alpha value is 0.177. The third-order valence-electron chi connectivity index (χ3n) is 4.58. The molecule has 0 aliphatic heterocycles. The van der Waals surface area contributed by atoms with Gasteiger partial charge in [0.25, 0.3) is 0 Å². The minimum Gasteiger partial charge on any atom is -0.417 e. The second-order valence-electron chi connectivity index (χ2n) is 7.05. The summed E-state index contributed by atoms with van der Waals surface area (Å²) in [5.41, 5.74) is 0. The van der Waals surface area contributed by atoms with Crippen LogP contribution < -0.4 is 0 Å². The van der Waals surface area contributed by atoms with Crippen LogP contribution in [-0.2, 0) is 4.43 Å². The van der Waals surface area contributed by atoms with E-state index >= 15 is 0 Å². The van der Waals surface area contributed by atoms with Gasteiger partial charge in [0.1, 0.15) is 0 Å². The molecule has 0 rings (SSSR count). The number of rotatable bonds is 20. The van der Waals surface area contributed by atoms with Crippen LogP contribution in [-0.4, -0.2) is 16.4 Å². The monoisotopic (exact) mass is 340 g/mol. The van der Waals surface area contributed by atoms with E-state index in [2.05, 4.69) is 13.8 Å². The van der Waals surface area contributed by atoms with Gasteiger partial charge in [-0.3, -0.25) is 0 Å². The molecule has 0 aliphatic rings. The summed E-state index contributed by atoms with van der Waals surface area (Å²) in [6.45, 7) is 5.57. The molecule has 23 heavy (non-hydrogen) atoms. The summed E-state index contributed by atoms with van der Waals surface area (Å²) in [7, 11) is 0.755. The average molecular weight is 341 g/mol. The molecule has 2 radical (unpaired) electrons. The van der Waals surface area contributed by atoms with Crippen molar-refractivity contribution >= 4 is 9.76 Å². The fraction of sp³-hybridized carbons (Fsp3) is 1.00. The van der Waals surface area contributed by atoms with Crippen LogP contribution in [0.3, 0.4) is 0 Å². The van der Waals surface area contributed by atoms with E-state index in [1.54, 1.807) is 0 Å². The van der Waals surface area contributed by atoms with Crippen molar-refractivity contribution in [1.82, 2.24) is 0 Å². The molecule has 0 atom stereocenters. The van der Waals surface area contributed by atoms with Crippen molar-refractivity contribution in [3.63, 3.8) is 0 Å². The first-order chi connectivity index (χ1) is 11.4. The molecule has 0 saturated carbocycles. The summed E-state index contributed by atoms with van der Waals surface area (Å²) in [6.07, 6.45) is 24.0. The quantitative estimate of drug-likeness (QED) is 0.163. The zero-order valence-electron chi connectivity index (χ0n) is 16.3. The summed E-state index contributed by atoms with van der Waals surface area (Å²) in [6, 6.07) is 1.29. The predicted octanol–water partition coefficient (Wildman–Crippen LogP) is 7.71. The lowest BCUT2D eigenvalue weighted by atomic mass is 10.0. The van der Waals surface area contributed by atoms with Crippen LogP contribution >= 0.6 is 0 Å². The highest BCUT2D eigenvalue weighted by atomic mass is 28.2. The molecule has 0 aromatic carbocycles. The van der Waals surface area contributed by atoms with Crippen LogP contribution in [0.5, 0.6) is 0 Å². The van der Waals surface area contributed by atoms with Crippen LogP contribution in [0.15, 0.2) is 0 Å². The van der Waals surface area contributed by atoms with Crippen molar-refractivity contribution in [2.75, 3.05) is 6.61 Å². The molecule has 0 aromatic rings. The van der Waals surface area contributed by atoms with Gasteiger partial charge < -0.3 is 4.43 Å². The highest BCUT2D eigenvalue weighted by Gasteiger charge is 1.95. The zero-order valence-corrected chi connectivity index (χ0v) is 17.3. The summed E-state index contributed by atoms with van der Waals surface area (Å²) in [5, 5.41) is 0.